The summed E-state index contributed by atoms with van der Waals surface area (Å²) in [6.07, 6.45) is 4.08. The molecule has 5 aromatic rings. The number of nitrogens with two attached hydrogens (primary N) is 2. The molecule has 1 atom stereocenters. The molecule has 0 aliphatic rings. The van der Waals surface area contributed by atoms with Crippen molar-refractivity contribution < 1.29 is 24.6 Å². The number of anilines is 3. The molecule has 0 fully saturated rings. The van der Waals surface area contributed by atoms with Crippen molar-refractivity contribution in [3.8, 4) is 0 Å². The monoisotopic (exact) mass is 606 g/mol. The predicted molar refractivity (Wildman–Crippen MR) is 157 cm³/mol. The molecule has 0 saturated heterocycles. The third kappa shape index (κ3) is 7.70. The Morgan fingerprint density at radius 3 is 2.42 bits per heavy atom. The topological polar surface area (TPSA) is 268 Å². The molecular formula is C25H26N12O5S. The maximum Gasteiger partial charge on any atom is 0.326 e. The molecule has 222 valence electrons. The highest BCUT2D eigenvalue weighted by atomic mass is 32.1. The summed E-state index contributed by atoms with van der Waals surface area (Å²) >= 11 is 4.91. The Bertz CT molecular complexity index is 1840. The fourth-order valence-electron chi connectivity index (χ4n) is 3.81. The van der Waals surface area contributed by atoms with Gasteiger partial charge in [-0.1, -0.05) is 12.2 Å². The molecule has 1 amide bonds. The Kier molecular flexibility index (Phi) is 9.30. The number of rotatable bonds is 9. The molecule has 17 nitrogen and oxygen atoms in total. The number of nitrogen functional groups attached to an aromatic ring is 2. The second-order valence-corrected chi connectivity index (χ2v) is 9.42. The van der Waals surface area contributed by atoms with E-state index in [9.17, 15) is 19.5 Å². The smallest absolute Gasteiger partial charge is 0.326 e. The Morgan fingerprint density at radius 2 is 1.74 bits per heavy atom. The van der Waals surface area contributed by atoms with Crippen molar-refractivity contribution in [1.82, 2.24) is 45.2 Å². The number of carbonyl (C=O) groups excluding carboxylic acids is 1. The summed E-state index contributed by atoms with van der Waals surface area (Å²) in [5, 5.41) is 20.2. The molecule has 43 heavy (non-hydrogen) atoms. The minimum absolute atomic E-state index is 0.0138. The highest BCUT2D eigenvalue weighted by Crippen LogP contribution is 2.19. The minimum Gasteiger partial charge on any atom is -0.481 e. The van der Waals surface area contributed by atoms with Crippen LogP contribution in [0.3, 0.4) is 0 Å². The van der Waals surface area contributed by atoms with E-state index in [1.165, 1.54) is 18.5 Å². The van der Waals surface area contributed by atoms with Crippen LogP contribution in [0.4, 0.5) is 17.5 Å². The number of hydrogen-bond donors (Lipinski definition) is 7. The molecule has 4 aromatic heterocycles. The molecule has 0 aliphatic carbocycles. The minimum atomic E-state index is -1.30. The van der Waals surface area contributed by atoms with Gasteiger partial charge in [0.1, 0.15) is 11.6 Å². The number of nitrogens with one attached hydrogen (secondary N) is 3. The van der Waals surface area contributed by atoms with Crippen molar-refractivity contribution >= 4 is 69.8 Å². The standard InChI is InChI=1S/C20H22N8O5.C5H4N4S/c1-28(9-11-8-23-17-15(24-11)16(21)26-20(22)27-17)12-4-2-10(3-5-12)18(31)25-13(19(32)33)6-7-14(29)30;10-5-3-4(7-1-6-3)8-2-9-5/h2-5,8,13H,6-7,9H2,1H3,(H,25,31)(H,29,30)(H,32,33)(H4,21,22,23,26,27);1-2H,(H2,6,7,8,9,10)/t13-;/m0./s1. The number of H-pyrrole nitrogens is 2. The van der Waals surface area contributed by atoms with Gasteiger partial charge in [-0.3, -0.25) is 9.59 Å². The average Bonchev–Trinajstić information content (AvgIpc) is 3.46. The third-order valence-electron chi connectivity index (χ3n) is 5.96. The Hall–Kier alpha value is -5.78. The van der Waals surface area contributed by atoms with E-state index in [-0.39, 0.29) is 30.2 Å². The van der Waals surface area contributed by atoms with Crippen molar-refractivity contribution in [2.24, 2.45) is 0 Å². The van der Waals surface area contributed by atoms with Crippen molar-refractivity contribution in [2.45, 2.75) is 25.4 Å². The van der Waals surface area contributed by atoms with E-state index < -0.39 is 23.9 Å². The number of carbonyl (C=O) groups is 3. The first-order valence-corrected chi connectivity index (χ1v) is 12.9. The maximum absolute atomic E-state index is 12.4. The van der Waals surface area contributed by atoms with Crippen LogP contribution in [-0.2, 0) is 16.1 Å². The SMILES string of the molecule is CN(Cc1cnc2nc(N)nc(N)c2n1)c1ccc(C(=O)N[C@@H](CCC(=O)O)C(=O)O)cc1.S=c1nc[nH]c2nc[nH]c12. The van der Waals surface area contributed by atoms with Gasteiger partial charge in [0.2, 0.25) is 5.95 Å². The number of benzene rings is 1. The van der Waals surface area contributed by atoms with Crippen LogP contribution in [0.2, 0.25) is 0 Å². The fourth-order valence-corrected chi connectivity index (χ4v) is 4.02. The van der Waals surface area contributed by atoms with Crippen molar-refractivity contribution in [3.05, 3.63) is 59.0 Å². The number of carboxylic acid groups (broad SMARTS) is 2. The van der Waals surface area contributed by atoms with E-state index in [2.05, 4.69) is 45.2 Å². The molecule has 0 unspecified atom stereocenters. The number of aromatic amines is 2. The Balaban J connectivity index is 0.000000353. The number of imidazole rings is 1. The van der Waals surface area contributed by atoms with Gasteiger partial charge in [-0.05, 0) is 30.7 Å². The number of aromatic nitrogens is 8. The lowest BCUT2D eigenvalue weighted by Crippen LogP contribution is -2.41. The second kappa shape index (κ2) is 13.3. The molecule has 0 spiro atoms. The summed E-state index contributed by atoms with van der Waals surface area (Å²) in [5.41, 5.74) is 15.2. The zero-order valence-electron chi connectivity index (χ0n) is 22.6. The van der Waals surface area contributed by atoms with E-state index in [4.69, 9.17) is 28.8 Å². The molecule has 0 aliphatic heterocycles. The van der Waals surface area contributed by atoms with Gasteiger partial charge in [-0.2, -0.15) is 9.97 Å². The lowest BCUT2D eigenvalue weighted by Gasteiger charge is -2.19. The van der Waals surface area contributed by atoms with E-state index in [1.807, 2.05) is 11.9 Å². The van der Waals surface area contributed by atoms with Crippen molar-refractivity contribution in [2.75, 3.05) is 23.4 Å². The summed E-state index contributed by atoms with van der Waals surface area (Å²) in [6.45, 7) is 0.370. The van der Waals surface area contributed by atoms with Crippen LogP contribution in [0.1, 0.15) is 28.9 Å². The molecule has 4 heterocycles. The lowest BCUT2D eigenvalue weighted by atomic mass is 10.1. The Labute approximate surface area is 247 Å². The van der Waals surface area contributed by atoms with Gasteiger partial charge >= 0.3 is 11.9 Å². The van der Waals surface area contributed by atoms with Crippen LogP contribution >= 0.6 is 12.2 Å². The molecule has 9 N–H and O–H groups in total. The predicted octanol–water partition coefficient (Wildman–Crippen LogP) is 1.28. The van der Waals surface area contributed by atoms with Crippen LogP contribution in [-0.4, -0.2) is 81.0 Å². The van der Waals surface area contributed by atoms with Gasteiger partial charge in [0, 0.05) is 24.7 Å². The van der Waals surface area contributed by atoms with E-state index in [0.29, 0.717) is 28.0 Å². The zero-order valence-corrected chi connectivity index (χ0v) is 23.4. The number of hydrogen-bond acceptors (Lipinski definition) is 13. The molecule has 0 radical (unpaired) electrons. The highest BCUT2D eigenvalue weighted by molar-refractivity contribution is 7.71. The number of carboxylic acids is 2. The van der Waals surface area contributed by atoms with E-state index in [1.54, 1.807) is 24.7 Å². The molecule has 18 heteroatoms. The van der Waals surface area contributed by atoms with Gasteiger partial charge in [0.15, 0.2) is 27.3 Å². The second-order valence-electron chi connectivity index (χ2n) is 9.03. The fraction of sp³-hybridized carbons (Fsp3) is 0.200. The molecule has 5 rings (SSSR count). The first-order chi connectivity index (χ1) is 20.5. The summed E-state index contributed by atoms with van der Waals surface area (Å²) in [6, 6.07) is 5.16. The largest absolute Gasteiger partial charge is 0.481 e. The molecule has 1 aromatic carbocycles. The first-order valence-electron chi connectivity index (χ1n) is 12.5. The summed E-state index contributed by atoms with van der Waals surface area (Å²) in [7, 11) is 1.82. The number of aliphatic carboxylic acids is 2. The molecule has 0 bridgehead atoms. The number of fused-ring (bicyclic) bond motifs is 2. The van der Waals surface area contributed by atoms with Crippen molar-refractivity contribution in [1.29, 1.82) is 0 Å². The van der Waals surface area contributed by atoms with Gasteiger partial charge in [-0.15, -0.1) is 0 Å². The zero-order chi connectivity index (χ0) is 31.1. The number of amides is 1. The van der Waals surface area contributed by atoms with Gasteiger partial charge in [0.25, 0.3) is 5.91 Å². The molecule has 0 saturated carbocycles. The maximum atomic E-state index is 12.4. The number of nitrogens with zero attached hydrogens (tertiary/aromatic N) is 7. The third-order valence-corrected chi connectivity index (χ3v) is 6.27. The summed E-state index contributed by atoms with van der Waals surface area (Å²) in [4.78, 5) is 66.3. The van der Waals surface area contributed by atoms with Crippen LogP contribution in [0, 0.1) is 4.64 Å². The van der Waals surface area contributed by atoms with Crippen LogP contribution in [0.15, 0.2) is 43.1 Å². The van der Waals surface area contributed by atoms with Crippen LogP contribution in [0.5, 0.6) is 0 Å². The van der Waals surface area contributed by atoms with Gasteiger partial charge in [0.05, 0.1) is 31.1 Å². The van der Waals surface area contributed by atoms with Gasteiger partial charge < -0.3 is 41.9 Å². The van der Waals surface area contributed by atoms with Crippen LogP contribution < -0.4 is 21.7 Å². The van der Waals surface area contributed by atoms with Gasteiger partial charge in [-0.25, -0.2) is 24.7 Å². The van der Waals surface area contributed by atoms with Crippen molar-refractivity contribution in [3.63, 3.8) is 0 Å². The average molecular weight is 607 g/mol. The summed E-state index contributed by atoms with van der Waals surface area (Å²) in [5.74, 6) is -2.91. The summed E-state index contributed by atoms with van der Waals surface area (Å²) < 4.78 is 0.547. The quantitative estimate of drug-likeness (QED) is 0.116. The van der Waals surface area contributed by atoms with E-state index in [0.717, 1.165) is 16.9 Å². The Morgan fingerprint density at radius 1 is 1.02 bits per heavy atom. The molecular weight excluding hydrogens is 580 g/mol. The lowest BCUT2D eigenvalue weighted by molar-refractivity contribution is -0.140. The normalized spacial score (nSPS) is 11.4. The first kappa shape index (κ1) is 30.2. The highest BCUT2D eigenvalue weighted by Gasteiger charge is 2.21. The van der Waals surface area contributed by atoms with Crippen LogP contribution in [0.25, 0.3) is 22.3 Å². The van der Waals surface area contributed by atoms with E-state index >= 15 is 0 Å².